The third-order valence-corrected chi connectivity index (χ3v) is 5.08. The van der Waals surface area contributed by atoms with Gasteiger partial charge in [0.2, 0.25) is 0 Å². The molecule has 6 heteroatoms. The molecule has 1 aliphatic rings. The van der Waals surface area contributed by atoms with Crippen LogP contribution in [0.1, 0.15) is 29.6 Å². The fourth-order valence-corrected chi connectivity index (χ4v) is 3.57. The molecule has 0 atom stereocenters. The fraction of sp³-hybridized carbons (Fsp3) is 0.227. The van der Waals surface area contributed by atoms with Gasteiger partial charge in [0, 0.05) is 36.1 Å². The van der Waals surface area contributed by atoms with Crippen LogP contribution in [0.2, 0.25) is 5.02 Å². The topological polar surface area (TPSA) is 58.1 Å². The summed E-state index contributed by atoms with van der Waals surface area (Å²) >= 11 is 6.18. The number of hydrogen-bond donors (Lipinski definition) is 1. The number of carbonyl (C=O) groups excluding carboxylic acids is 1. The van der Waals surface area contributed by atoms with Crippen molar-refractivity contribution in [3.8, 4) is 11.4 Å². The van der Waals surface area contributed by atoms with E-state index in [2.05, 4.69) is 20.2 Å². The van der Waals surface area contributed by atoms with Crippen molar-refractivity contribution in [1.29, 1.82) is 0 Å². The molecule has 1 saturated heterocycles. The minimum Gasteiger partial charge on any atom is -0.370 e. The molecule has 1 N–H and O–H groups in total. The minimum absolute atomic E-state index is 0.250. The average Bonchev–Trinajstić information content (AvgIpc) is 2.75. The lowest BCUT2D eigenvalue weighted by Gasteiger charge is -2.30. The maximum Gasteiger partial charge on any atom is 0.258 e. The number of aromatic nitrogens is 2. The Balaban J connectivity index is 1.54. The molecule has 0 spiro atoms. The standard InChI is InChI=1S/C22H21ClN4O/c23-18-9-10-20(27-11-5-2-6-12-27)19(13-18)26-22(28)17-14-24-21(25-15-17)16-7-3-1-4-8-16/h1,3-4,7-10,13-15H,2,5-6,11-12H2,(H,26,28). The van der Waals surface area contributed by atoms with E-state index in [9.17, 15) is 4.79 Å². The summed E-state index contributed by atoms with van der Waals surface area (Å²) in [6.45, 7) is 1.97. The Kier molecular flexibility index (Phi) is 5.53. The number of nitrogens with zero attached hydrogens (tertiary/aromatic N) is 3. The Morgan fingerprint density at radius 3 is 2.39 bits per heavy atom. The van der Waals surface area contributed by atoms with Crippen LogP contribution in [0, 0.1) is 0 Å². The van der Waals surface area contributed by atoms with Crippen LogP contribution in [-0.4, -0.2) is 29.0 Å². The highest BCUT2D eigenvalue weighted by Gasteiger charge is 2.17. The van der Waals surface area contributed by atoms with Gasteiger partial charge in [-0.25, -0.2) is 9.97 Å². The number of carbonyl (C=O) groups is 1. The monoisotopic (exact) mass is 392 g/mol. The van der Waals surface area contributed by atoms with E-state index in [1.807, 2.05) is 42.5 Å². The van der Waals surface area contributed by atoms with Crippen LogP contribution in [0.15, 0.2) is 60.9 Å². The van der Waals surface area contributed by atoms with Gasteiger partial charge in [0.15, 0.2) is 5.82 Å². The van der Waals surface area contributed by atoms with Crippen LogP contribution in [0.4, 0.5) is 11.4 Å². The number of rotatable bonds is 4. The van der Waals surface area contributed by atoms with Crippen LogP contribution in [0.3, 0.4) is 0 Å². The molecule has 3 aromatic rings. The highest BCUT2D eigenvalue weighted by Crippen LogP contribution is 2.31. The molecule has 0 aliphatic carbocycles. The van der Waals surface area contributed by atoms with E-state index >= 15 is 0 Å². The van der Waals surface area contributed by atoms with Gasteiger partial charge in [0.05, 0.1) is 16.9 Å². The summed E-state index contributed by atoms with van der Waals surface area (Å²) in [4.78, 5) is 23.7. The Morgan fingerprint density at radius 2 is 1.68 bits per heavy atom. The molecule has 142 valence electrons. The second kappa shape index (κ2) is 8.40. The first-order chi connectivity index (χ1) is 13.7. The number of halogens is 1. The van der Waals surface area contributed by atoms with Gasteiger partial charge in [-0.2, -0.15) is 0 Å². The molecular formula is C22H21ClN4O. The molecule has 0 unspecified atom stereocenters. The van der Waals surface area contributed by atoms with Crippen LogP contribution in [0.25, 0.3) is 11.4 Å². The number of nitrogens with one attached hydrogen (secondary N) is 1. The minimum atomic E-state index is -0.250. The average molecular weight is 393 g/mol. The van der Waals surface area contributed by atoms with Gasteiger partial charge in [-0.05, 0) is 37.5 Å². The van der Waals surface area contributed by atoms with Crippen molar-refractivity contribution in [2.45, 2.75) is 19.3 Å². The van der Waals surface area contributed by atoms with E-state index in [1.54, 1.807) is 18.5 Å². The quantitative estimate of drug-likeness (QED) is 0.675. The van der Waals surface area contributed by atoms with E-state index in [4.69, 9.17) is 11.6 Å². The van der Waals surface area contributed by atoms with Crippen molar-refractivity contribution < 1.29 is 4.79 Å². The van der Waals surface area contributed by atoms with Crippen molar-refractivity contribution >= 4 is 28.9 Å². The number of hydrogen-bond acceptors (Lipinski definition) is 4. The first kappa shape index (κ1) is 18.4. The van der Waals surface area contributed by atoms with Gasteiger partial charge in [-0.15, -0.1) is 0 Å². The summed E-state index contributed by atoms with van der Waals surface area (Å²) in [7, 11) is 0. The summed E-state index contributed by atoms with van der Waals surface area (Å²) in [5, 5.41) is 3.57. The normalized spacial score (nSPS) is 14.0. The van der Waals surface area contributed by atoms with Crippen molar-refractivity contribution in [2.24, 2.45) is 0 Å². The zero-order valence-corrected chi connectivity index (χ0v) is 16.2. The molecule has 0 saturated carbocycles. The lowest BCUT2D eigenvalue weighted by atomic mass is 10.1. The maximum absolute atomic E-state index is 12.8. The largest absolute Gasteiger partial charge is 0.370 e. The molecule has 28 heavy (non-hydrogen) atoms. The van der Waals surface area contributed by atoms with Gasteiger partial charge in [-0.3, -0.25) is 4.79 Å². The molecule has 1 amide bonds. The van der Waals surface area contributed by atoms with E-state index < -0.39 is 0 Å². The molecule has 1 aromatic heterocycles. The molecule has 1 fully saturated rings. The maximum atomic E-state index is 12.8. The van der Waals surface area contributed by atoms with Gasteiger partial charge >= 0.3 is 0 Å². The molecule has 2 heterocycles. The second-order valence-corrected chi connectivity index (χ2v) is 7.26. The highest BCUT2D eigenvalue weighted by molar-refractivity contribution is 6.31. The number of anilines is 2. The van der Waals surface area contributed by atoms with Crippen LogP contribution in [-0.2, 0) is 0 Å². The first-order valence-electron chi connectivity index (χ1n) is 9.44. The van der Waals surface area contributed by atoms with E-state index in [0.29, 0.717) is 22.1 Å². The zero-order valence-electron chi connectivity index (χ0n) is 15.4. The second-order valence-electron chi connectivity index (χ2n) is 6.82. The van der Waals surface area contributed by atoms with Gasteiger partial charge in [-0.1, -0.05) is 41.9 Å². The Morgan fingerprint density at radius 1 is 0.964 bits per heavy atom. The lowest BCUT2D eigenvalue weighted by molar-refractivity contribution is 0.102. The van der Waals surface area contributed by atoms with Crippen molar-refractivity contribution in [3.05, 3.63) is 71.5 Å². The lowest BCUT2D eigenvalue weighted by Crippen LogP contribution is -2.30. The molecule has 5 nitrogen and oxygen atoms in total. The summed E-state index contributed by atoms with van der Waals surface area (Å²) in [5.74, 6) is 0.342. The molecular weight excluding hydrogens is 372 g/mol. The van der Waals surface area contributed by atoms with E-state index in [1.165, 1.54) is 6.42 Å². The summed E-state index contributed by atoms with van der Waals surface area (Å²) in [6.07, 6.45) is 6.66. The molecule has 2 aromatic carbocycles. The SMILES string of the molecule is O=C(Nc1cc(Cl)ccc1N1CCCCC1)c1cnc(-c2ccccc2)nc1. The van der Waals surface area contributed by atoms with E-state index in [-0.39, 0.29) is 5.91 Å². The summed E-state index contributed by atoms with van der Waals surface area (Å²) in [6, 6.07) is 15.3. The van der Waals surface area contributed by atoms with Gasteiger partial charge in [0.1, 0.15) is 0 Å². The Bertz CT molecular complexity index is 954. The van der Waals surface area contributed by atoms with E-state index in [0.717, 1.165) is 37.2 Å². The van der Waals surface area contributed by atoms with Crippen molar-refractivity contribution in [3.63, 3.8) is 0 Å². The smallest absolute Gasteiger partial charge is 0.258 e. The van der Waals surface area contributed by atoms with Crippen LogP contribution >= 0.6 is 11.6 Å². The number of benzene rings is 2. The number of piperidine rings is 1. The third-order valence-electron chi connectivity index (χ3n) is 4.85. The molecule has 1 aliphatic heterocycles. The predicted octanol–water partition coefficient (Wildman–Crippen LogP) is 5.04. The summed E-state index contributed by atoms with van der Waals surface area (Å²) < 4.78 is 0. The first-order valence-corrected chi connectivity index (χ1v) is 9.82. The Labute approximate surface area is 169 Å². The number of amides is 1. The van der Waals surface area contributed by atoms with Crippen molar-refractivity contribution in [2.75, 3.05) is 23.3 Å². The predicted molar refractivity (Wildman–Crippen MR) is 113 cm³/mol. The van der Waals surface area contributed by atoms with Crippen molar-refractivity contribution in [1.82, 2.24) is 9.97 Å². The third kappa shape index (κ3) is 4.15. The molecule has 0 radical (unpaired) electrons. The Hall–Kier alpha value is -2.92. The fourth-order valence-electron chi connectivity index (χ4n) is 3.40. The van der Waals surface area contributed by atoms with Crippen LogP contribution < -0.4 is 10.2 Å². The highest BCUT2D eigenvalue weighted by atomic mass is 35.5. The summed E-state index contributed by atoms with van der Waals surface area (Å²) in [5.41, 5.74) is 3.03. The van der Waals surface area contributed by atoms with Gasteiger partial charge < -0.3 is 10.2 Å². The van der Waals surface area contributed by atoms with Crippen LogP contribution in [0.5, 0.6) is 0 Å². The zero-order chi connectivity index (χ0) is 19.3. The van der Waals surface area contributed by atoms with Gasteiger partial charge in [0.25, 0.3) is 5.91 Å². The molecule has 4 rings (SSSR count). The molecule has 0 bridgehead atoms.